The third kappa shape index (κ3) is 6.48. The predicted octanol–water partition coefficient (Wildman–Crippen LogP) is 4.68. The largest absolute Gasteiger partial charge is 0.463 e. The van der Waals surface area contributed by atoms with Crippen molar-refractivity contribution in [1.29, 1.82) is 0 Å². The molecule has 0 unspecified atom stereocenters. The molecule has 0 aromatic heterocycles. The highest BCUT2D eigenvalue weighted by atomic mass is 28.4. The SMILES string of the molecule is CCOC(=O)/C(C)=C/[C@@H](C)[C@@H](CC1(C)OCCO1)O[Si](C)(C)C(C)(C)C. The second-order valence-electron chi connectivity index (χ2n) is 8.88. The summed E-state index contributed by atoms with van der Waals surface area (Å²) in [6.07, 6.45) is 2.49. The molecule has 1 aliphatic heterocycles. The van der Waals surface area contributed by atoms with Gasteiger partial charge in [-0.3, -0.25) is 0 Å². The van der Waals surface area contributed by atoms with Gasteiger partial charge in [0.2, 0.25) is 0 Å². The first-order chi connectivity index (χ1) is 11.8. The molecule has 0 aromatic carbocycles. The molecule has 0 amide bonds. The molecule has 0 spiro atoms. The maximum atomic E-state index is 12.0. The highest BCUT2D eigenvalue weighted by Crippen LogP contribution is 2.40. The average molecular weight is 387 g/mol. The van der Waals surface area contributed by atoms with E-state index in [9.17, 15) is 4.79 Å². The van der Waals surface area contributed by atoms with Crippen LogP contribution in [-0.4, -0.2) is 46.0 Å². The first-order valence-electron chi connectivity index (χ1n) is 9.62. The van der Waals surface area contributed by atoms with E-state index in [1.54, 1.807) is 6.92 Å². The second-order valence-corrected chi connectivity index (χ2v) is 13.6. The Labute approximate surface area is 160 Å². The molecule has 1 rings (SSSR count). The molecule has 6 heteroatoms. The highest BCUT2D eigenvalue weighted by molar-refractivity contribution is 6.74. The lowest BCUT2D eigenvalue weighted by molar-refractivity contribution is -0.163. The maximum absolute atomic E-state index is 12.0. The molecule has 1 saturated heterocycles. The smallest absolute Gasteiger partial charge is 0.333 e. The number of ether oxygens (including phenoxy) is 3. The van der Waals surface area contributed by atoms with Gasteiger partial charge in [0.1, 0.15) is 0 Å². The number of hydrogen-bond acceptors (Lipinski definition) is 5. The van der Waals surface area contributed by atoms with Crippen molar-refractivity contribution < 1.29 is 23.4 Å². The van der Waals surface area contributed by atoms with Crippen molar-refractivity contribution in [2.24, 2.45) is 5.92 Å². The highest BCUT2D eigenvalue weighted by Gasteiger charge is 2.43. The summed E-state index contributed by atoms with van der Waals surface area (Å²) in [5, 5.41) is 0.100. The minimum absolute atomic E-state index is 0.0400. The van der Waals surface area contributed by atoms with Crippen molar-refractivity contribution in [2.75, 3.05) is 19.8 Å². The van der Waals surface area contributed by atoms with Crippen LogP contribution in [0.4, 0.5) is 0 Å². The Bertz CT molecular complexity index is 501. The Morgan fingerprint density at radius 2 is 1.81 bits per heavy atom. The van der Waals surface area contributed by atoms with Crippen LogP contribution < -0.4 is 0 Å². The summed E-state index contributed by atoms with van der Waals surface area (Å²) in [6, 6.07) is 0. The molecule has 0 saturated carbocycles. The fraction of sp³-hybridized carbons (Fsp3) is 0.850. The van der Waals surface area contributed by atoms with Crippen LogP contribution in [-0.2, 0) is 23.4 Å². The van der Waals surface area contributed by atoms with Crippen molar-refractivity contribution >= 4 is 14.3 Å². The van der Waals surface area contributed by atoms with E-state index in [4.69, 9.17) is 18.6 Å². The van der Waals surface area contributed by atoms with E-state index in [2.05, 4.69) is 40.8 Å². The van der Waals surface area contributed by atoms with Crippen LogP contribution in [0.5, 0.6) is 0 Å². The average Bonchev–Trinajstić information content (AvgIpc) is 2.91. The predicted molar refractivity (Wildman–Crippen MR) is 107 cm³/mol. The molecule has 152 valence electrons. The summed E-state index contributed by atoms with van der Waals surface area (Å²) >= 11 is 0. The van der Waals surface area contributed by atoms with Gasteiger partial charge < -0.3 is 18.6 Å². The molecule has 5 nitrogen and oxygen atoms in total. The lowest BCUT2D eigenvalue weighted by Crippen LogP contribution is -2.47. The van der Waals surface area contributed by atoms with Crippen LogP contribution in [0.25, 0.3) is 0 Å². The Kier molecular flexibility index (Phi) is 8.08. The third-order valence-electron chi connectivity index (χ3n) is 5.42. The van der Waals surface area contributed by atoms with Crippen molar-refractivity contribution in [1.82, 2.24) is 0 Å². The van der Waals surface area contributed by atoms with Crippen LogP contribution in [0.2, 0.25) is 18.1 Å². The lowest BCUT2D eigenvalue weighted by Gasteiger charge is -2.42. The zero-order valence-corrected chi connectivity index (χ0v) is 19.1. The summed E-state index contributed by atoms with van der Waals surface area (Å²) in [5.41, 5.74) is 0.613. The zero-order valence-electron chi connectivity index (χ0n) is 18.1. The van der Waals surface area contributed by atoms with Crippen LogP contribution in [0.3, 0.4) is 0 Å². The molecule has 1 heterocycles. The molecule has 1 fully saturated rings. The normalized spacial score (nSPS) is 20.7. The standard InChI is InChI=1S/C20H38O5Si/c1-10-22-18(21)16(3)13-15(2)17(14-20(7)23-11-12-24-20)25-26(8,9)19(4,5)6/h13,15,17H,10-12,14H2,1-9H3/b16-13+/t15-,17-/m1/s1. The number of hydrogen-bond donors (Lipinski definition) is 0. The zero-order chi connectivity index (χ0) is 20.2. The number of rotatable bonds is 8. The van der Waals surface area contributed by atoms with Crippen LogP contribution >= 0.6 is 0 Å². The molecular weight excluding hydrogens is 348 g/mol. The maximum Gasteiger partial charge on any atom is 0.333 e. The lowest BCUT2D eigenvalue weighted by atomic mass is 9.96. The van der Waals surface area contributed by atoms with E-state index in [0.717, 1.165) is 0 Å². The van der Waals surface area contributed by atoms with E-state index < -0.39 is 14.1 Å². The van der Waals surface area contributed by atoms with Crippen molar-refractivity contribution in [2.45, 2.75) is 84.9 Å². The molecule has 0 radical (unpaired) electrons. The Morgan fingerprint density at radius 3 is 2.27 bits per heavy atom. The summed E-state index contributed by atoms with van der Waals surface area (Å²) in [4.78, 5) is 12.0. The number of esters is 1. The summed E-state index contributed by atoms with van der Waals surface area (Å²) in [7, 11) is -1.99. The Hall–Kier alpha value is -0.693. The molecule has 0 N–H and O–H groups in total. The molecule has 0 aromatic rings. The van der Waals surface area contributed by atoms with Gasteiger partial charge in [0.15, 0.2) is 14.1 Å². The van der Waals surface area contributed by atoms with Gasteiger partial charge in [0.05, 0.1) is 25.9 Å². The first-order valence-corrected chi connectivity index (χ1v) is 12.5. The van der Waals surface area contributed by atoms with Gasteiger partial charge in [0.25, 0.3) is 0 Å². The van der Waals surface area contributed by atoms with E-state index in [1.165, 1.54) is 0 Å². The van der Waals surface area contributed by atoms with Crippen LogP contribution in [0, 0.1) is 5.92 Å². The van der Waals surface area contributed by atoms with Crippen molar-refractivity contribution in [3.05, 3.63) is 11.6 Å². The topological polar surface area (TPSA) is 54.0 Å². The van der Waals surface area contributed by atoms with Crippen molar-refractivity contribution in [3.8, 4) is 0 Å². The van der Waals surface area contributed by atoms with Gasteiger partial charge in [0, 0.05) is 12.0 Å². The summed E-state index contributed by atoms with van der Waals surface area (Å²) < 4.78 is 23.4. The van der Waals surface area contributed by atoms with Gasteiger partial charge in [-0.1, -0.05) is 33.8 Å². The second kappa shape index (κ2) is 9.00. The molecule has 0 aliphatic carbocycles. The van der Waals surface area contributed by atoms with E-state index >= 15 is 0 Å². The molecular formula is C20H38O5Si. The van der Waals surface area contributed by atoms with Gasteiger partial charge in [-0.05, 0) is 44.8 Å². The Balaban J connectivity index is 3.02. The molecule has 0 bridgehead atoms. The first kappa shape index (κ1) is 23.3. The minimum atomic E-state index is -1.99. The quantitative estimate of drug-likeness (QED) is 0.344. The summed E-state index contributed by atoms with van der Waals surface area (Å²) in [5.74, 6) is -0.865. The third-order valence-corrected chi connectivity index (χ3v) is 9.92. The fourth-order valence-corrected chi connectivity index (χ4v) is 4.15. The fourth-order valence-electron chi connectivity index (χ4n) is 2.74. The molecule has 2 atom stereocenters. The van der Waals surface area contributed by atoms with Gasteiger partial charge in [-0.2, -0.15) is 0 Å². The van der Waals surface area contributed by atoms with Crippen LogP contribution in [0.1, 0.15) is 54.9 Å². The van der Waals surface area contributed by atoms with Gasteiger partial charge in [-0.15, -0.1) is 0 Å². The molecule has 1 aliphatic rings. The minimum Gasteiger partial charge on any atom is -0.463 e. The van der Waals surface area contributed by atoms with Gasteiger partial charge >= 0.3 is 5.97 Å². The van der Waals surface area contributed by atoms with E-state index in [0.29, 0.717) is 31.8 Å². The number of carbonyl (C=O) groups is 1. The van der Waals surface area contributed by atoms with Crippen LogP contribution in [0.15, 0.2) is 11.6 Å². The Morgan fingerprint density at radius 1 is 1.27 bits per heavy atom. The van der Waals surface area contributed by atoms with Crippen molar-refractivity contribution in [3.63, 3.8) is 0 Å². The summed E-state index contributed by atoms with van der Waals surface area (Å²) in [6.45, 7) is 20.4. The molecule has 26 heavy (non-hydrogen) atoms. The van der Waals surface area contributed by atoms with Gasteiger partial charge in [-0.25, -0.2) is 4.79 Å². The van der Waals surface area contributed by atoms with E-state index in [1.807, 2.05) is 19.9 Å². The van der Waals surface area contributed by atoms with E-state index in [-0.39, 0.29) is 23.0 Å². The monoisotopic (exact) mass is 386 g/mol. The number of carbonyl (C=O) groups excluding carboxylic acids is 1.